The first-order valence-electron chi connectivity index (χ1n) is 4.72. The van der Waals surface area contributed by atoms with Crippen LogP contribution in [0.3, 0.4) is 0 Å². The number of likely N-dealkylation sites (tertiary alicyclic amines) is 1. The molecule has 1 heterocycles. The molecular formula is C9H17ClN2O. The van der Waals surface area contributed by atoms with E-state index in [-0.39, 0.29) is 18.4 Å². The Morgan fingerprint density at radius 2 is 2.08 bits per heavy atom. The van der Waals surface area contributed by atoms with Gasteiger partial charge in [-0.3, -0.25) is 0 Å². The highest BCUT2D eigenvalue weighted by Gasteiger charge is 2.37. The molecule has 2 fully saturated rings. The highest BCUT2D eigenvalue weighted by Crippen LogP contribution is 2.44. The predicted octanol–water partition coefficient (Wildman–Crippen LogP) is 1.62. The van der Waals surface area contributed by atoms with Crippen molar-refractivity contribution >= 4 is 18.4 Å². The second-order valence-corrected chi connectivity index (χ2v) is 4.31. The third-order valence-electron chi connectivity index (χ3n) is 2.91. The first-order valence-corrected chi connectivity index (χ1v) is 4.72. The van der Waals surface area contributed by atoms with Crippen LogP contribution in [0.15, 0.2) is 0 Å². The molecule has 0 bridgehead atoms. The Morgan fingerprint density at radius 3 is 2.46 bits per heavy atom. The molecule has 1 saturated carbocycles. The zero-order valence-corrected chi connectivity index (χ0v) is 8.82. The smallest absolute Gasteiger partial charge is 0.317 e. The van der Waals surface area contributed by atoms with Gasteiger partial charge in [0.1, 0.15) is 0 Å². The summed E-state index contributed by atoms with van der Waals surface area (Å²) in [6, 6.07) is 0.134. The lowest BCUT2D eigenvalue weighted by Gasteiger charge is -2.31. The van der Waals surface area contributed by atoms with Gasteiger partial charge >= 0.3 is 6.03 Å². The van der Waals surface area contributed by atoms with E-state index < -0.39 is 0 Å². The Balaban J connectivity index is 0.000000845. The molecule has 1 aliphatic carbocycles. The van der Waals surface area contributed by atoms with Crippen molar-refractivity contribution in [2.45, 2.75) is 26.2 Å². The molecule has 1 saturated heterocycles. The van der Waals surface area contributed by atoms with E-state index >= 15 is 0 Å². The van der Waals surface area contributed by atoms with Crippen LogP contribution in [0.2, 0.25) is 0 Å². The number of carbonyl (C=O) groups excluding carboxylic acids is 1. The second kappa shape index (κ2) is 3.74. The standard InChI is InChI=1S/C9H16N2O.ClH/c1-9(3-4-9)7-10-8(12)11-5-2-6-11;/h2-7H2,1H3,(H,10,12);1H. The zero-order chi connectivity index (χ0) is 8.60. The van der Waals surface area contributed by atoms with Gasteiger partial charge < -0.3 is 10.2 Å². The van der Waals surface area contributed by atoms with Crippen molar-refractivity contribution in [2.75, 3.05) is 19.6 Å². The summed E-state index contributed by atoms with van der Waals surface area (Å²) in [5.41, 5.74) is 0.431. The number of rotatable bonds is 2. The quantitative estimate of drug-likeness (QED) is 0.729. The highest BCUT2D eigenvalue weighted by atomic mass is 35.5. The van der Waals surface area contributed by atoms with Gasteiger partial charge in [0.2, 0.25) is 0 Å². The second-order valence-electron chi connectivity index (χ2n) is 4.31. The summed E-state index contributed by atoms with van der Waals surface area (Å²) in [6.07, 6.45) is 3.71. The van der Waals surface area contributed by atoms with Crippen molar-refractivity contribution in [1.29, 1.82) is 0 Å². The average molecular weight is 205 g/mol. The summed E-state index contributed by atoms with van der Waals surface area (Å²) in [4.78, 5) is 13.2. The highest BCUT2D eigenvalue weighted by molar-refractivity contribution is 5.85. The SMILES string of the molecule is CC1(CNC(=O)N2CCC2)CC1.Cl. The molecule has 2 amide bonds. The van der Waals surface area contributed by atoms with Gasteiger partial charge in [-0.25, -0.2) is 4.79 Å². The lowest BCUT2D eigenvalue weighted by Crippen LogP contribution is -2.48. The molecule has 0 atom stereocenters. The van der Waals surface area contributed by atoms with E-state index in [1.165, 1.54) is 19.3 Å². The van der Waals surface area contributed by atoms with Crippen LogP contribution in [0, 0.1) is 5.41 Å². The number of amides is 2. The zero-order valence-electron chi connectivity index (χ0n) is 8.01. The number of hydrogen-bond donors (Lipinski definition) is 1. The van der Waals surface area contributed by atoms with Crippen LogP contribution in [0.25, 0.3) is 0 Å². The van der Waals surface area contributed by atoms with E-state index in [0.717, 1.165) is 19.6 Å². The van der Waals surface area contributed by atoms with Crippen LogP contribution in [0.1, 0.15) is 26.2 Å². The number of nitrogens with one attached hydrogen (secondary N) is 1. The van der Waals surface area contributed by atoms with Gasteiger partial charge in [-0.1, -0.05) is 6.92 Å². The lowest BCUT2D eigenvalue weighted by molar-refractivity contribution is 0.166. The Morgan fingerprint density at radius 1 is 1.46 bits per heavy atom. The van der Waals surface area contributed by atoms with Gasteiger partial charge in [0, 0.05) is 19.6 Å². The molecule has 0 aromatic heterocycles. The van der Waals surface area contributed by atoms with E-state index in [4.69, 9.17) is 0 Å². The van der Waals surface area contributed by atoms with Crippen LogP contribution in [0.4, 0.5) is 4.79 Å². The van der Waals surface area contributed by atoms with Crippen LogP contribution in [-0.2, 0) is 0 Å². The third-order valence-corrected chi connectivity index (χ3v) is 2.91. The maximum absolute atomic E-state index is 11.3. The fourth-order valence-corrected chi connectivity index (χ4v) is 1.31. The van der Waals surface area contributed by atoms with Crippen molar-refractivity contribution in [3.8, 4) is 0 Å². The number of nitrogens with zero attached hydrogens (tertiary/aromatic N) is 1. The average Bonchev–Trinajstić information content (AvgIpc) is 2.62. The van der Waals surface area contributed by atoms with Gasteiger partial charge in [-0.15, -0.1) is 12.4 Å². The molecule has 1 aliphatic heterocycles. The van der Waals surface area contributed by atoms with E-state index in [9.17, 15) is 4.79 Å². The van der Waals surface area contributed by atoms with E-state index in [0.29, 0.717) is 5.41 Å². The molecule has 4 heteroatoms. The van der Waals surface area contributed by atoms with Crippen molar-refractivity contribution < 1.29 is 4.79 Å². The van der Waals surface area contributed by atoms with Gasteiger partial charge in [0.05, 0.1) is 0 Å². The Bertz CT molecular complexity index is 200. The Labute approximate surface area is 85.3 Å². The van der Waals surface area contributed by atoms with Gasteiger partial charge in [-0.05, 0) is 24.7 Å². The molecule has 2 aliphatic rings. The number of urea groups is 1. The maximum atomic E-state index is 11.3. The summed E-state index contributed by atoms with van der Waals surface area (Å²) in [6.45, 7) is 4.98. The molecule has 0 radical (unpaired) electrons. The maximum Gasteiger partial charge on any atom is 0.317 e. The third kappa shape index (κ3) is 2.50. The van der Waals surface area contributed by atoms with E-state index in [2.05, 4.69) is 12.2 Å². The van der Waals surface area contributed by atoms with Crippen LogP contribution in [0.5, 0.6) is 0 Å². The summed E-state index contributed by atoms with van der Waals surface area (Å²) >= 11 is 0. The Kier molecular flexibility index (Phi) is 3.06. The van der Waals surface area contributed by atoms with Crippen LogP contribution >= 0.6 is 12.4 Å². The molecule has 0 aromatic rings. The monoisotopic (exact) mass is 204 g/mol. The van der Waals surface area contributed by atoms with Crippen molar-refractivity contribution in [2.24, 2.45) is 5.41 Å². The fourth-order valence-electron chi connectivity index (χ4n) is 1.31. The number of carbonyl (C=O) groups is 1. The molecule has 3 nitrogen and oxygen atoms in total. The van der Waals surface area contributed by atoms with Crippen LogP contribution < -0.4 is 5.32 Å². The molecule has 76 valence electrons. The minimum absolute atomic E-state index is 0. The first kappa shape index (κ1) is 10.6. The number of hydrogen-bond acceptors (Lipinski definition) is 1. The molecular weight excluding hydrogens is 188 g/mol. The van der Waals surface area contributed by atoms with Gasteiger partial charge in [0.15, 0.2) is 0 Å². The van der Waals surface area contributed by atoms with Crippen molar-refractivity contribution in [3.63, 3.8) is 0 Å². The number of halogens is 1. The summed E-state index contributed by atoms with van der Waals surface area (Å²) in [5.74, 6) is 0. The molecule has 13 heavy (non-hydrogen) atoms. The molecule has 0 unspecified atom stereocenters. The van der Waals surface area contributed by atoms with Gasteiger partial charge in [-0.2, -0.15) is 0 Å². The minimum atomic E-state index is 0. The van der Waals surface area contributed by atoms with Crippen LogP contribution in [-0.4, -0.2) is 30.6 Å². The first-order chi connectivity index (χ1) is 5.70. The van der Waals surface area contributed by atoms with Crippen molar-refractivity contribution in [1.82, 2.24) is 10.2 Å². The predicted molar refractivity (Wildman–Crippen MR) is 54.2 cm³/mol. The summed E-state index contributed by atoms with van der Waals surface area (Å²) < 4.78 is 0. The Hall–Kier alpha value is -0.440. The minimum Gasteiger partial charge on any atom is -0.337 e. The fraction of sp³-hybridized carbons (Fsp3) is 0.889. The van der Waals surface area contributed by atoms with E-state index in [1.54, 1.807) is 0 Å². The van der Waals surface area contributed by atoms with Gasteiger partial charge in [0.25, 0.3) is 0 Å². The van der Waals surface area contributed by atoms with E-state index in [1.807, 2.05) is 4.90 Å². The largest absolute Gasteiger partial charge is 0.337 e. The molecule has 1 N–H and O–H groups in total. The normalized spacial score (nSPS) is 22.7. The molecule has 2 rings (SSSR count). The van der Waals surface area contributed by atoms with Crippen molar-refractivity contribution in [3.05, 3.63) is 0 Å². The summed E-state index contributed by atoms with van der Waals surface area (Å²) in [7, 11) is 0. The molecule has 0 aromatic carbocycles. The summed E-state index contributed by atoms with van der Waals surface area (Å²) in [5, 5.41) is 2.97. The lowest BCUT2D eigenvalue weighted by atomic mass is 10.1. The molecule has 0 spiro atoms. The topological polar surface area (TPSA) is 32.3 Å².